The van der Waals surface area contributed by atoms with Gasteiger partial charge < -0.3 is 9.42 Å². The van der Waals surface area contributed by atoms with Crippen molar-refractivity contribution in [3.8, 4) is 0 Å². The van der Waals surface area contributed by atoms with Gasteiger partial charge in [-0.1, -0.05) is 5.16 Å². The third-order valence-corrected chi connectivity index (χ3v) is 5.40. The summed E-state index contributed by atoms with van der Waals surface area (Å²) >= 11 is 1.45. The predicted octanol–water partition coefficient (Wildman–Crippen LogP) is 2.03. The highest BCUT2D eigenvalue weighted by molar-refractivity contribution is 7.17. The summed E-state index contributed by atoms with van der Waals surface area (Å²) in [7, 11) is 0. The molecule has 0 saturated carbocycles. The summed E-state index contributed by atoms with van der Waals surface area (Å²) in [6.07, 6.45) is 3.84. The number of aromatic nitrogens is 4. The van der Waals surface area contributed by atoms with Crippen molar-refractivity contribution in [1.29, 1.82) is 0 Å². The van der Waals surface area contributed by atoms with Crippen molar-refractivity contribution in [2.24, 2.45) is 0 Å². The van der Waals surface area contributed by atoms with E-state index in [9.17, 15) is 4.79 Å². The lowest BCUT2D eigenvalue weighted by Crippen LogP contribution is -2.38. The lowest BCUT2D eigenvalue weighted by molar-refractivity contribution is 0.195. The average molecular weight is 345 g/mol. The number of rotatable bonds is 4. The fraction of sp³-hybridized carbons (Fsp3) is 0.500. The Bertz CT molecular complexity index is 899. The first kappa shape index (κ1) is 15.5. The van der Waals surface area contributed by atoms with E-state index in [4.69, 9.17) is 4.52 Å². The van der Waals surface area contributed by atoms with Gasteiger partial charge >= 0.3 is 0 Å². The Hall–Kier alpha value is -2.06. The highest BCUT2D eigenvalue weighted by Gasteiger charge is 2.24. The van der Waals surface area contributed by atoms with Gasteiger partial charge in [0, 0.05) is 32.5 Å². The van der Waals surface area contributed by atoms with E-state index in [1.807, 2.05) is 18.4 Å². The number of piperidine rings is 1. The zero-order valence-electron chi connectivity index (χ0n) is 13.5. The monoisotopic (exact) mass is 345 g/mol. The van der Waals surface area contributed by atoms with Gasteiger partial charge in [-0.2, -0.15) is 4.98 Å². The molecule has 1 aliphatic heterocycles. The highest BCUT2D eigenvalue weighted by atomic mass is 32.1. The smallest absolute Gasteiger partial charge is 0.271 e. The Morgan fingerprint density at radius 3 is 3.17 bits per heavy atom. The van der Waals surface area contributed by atoms with Crippen LogP contribution in [-0.2, 0) is 6.54 Å². The van der Waals surface area contributed by atoms with Crippen molar-refractivity contribution in [3.63, 3.8) is 0 Å². The quantitative estimate of drug-likeness (QED) is 0.720. The van der Waals surface area contributed by atoms with Crippen LogP contribution in [0.25, 0.3) is 10.2 Å². The molecule has 4 heterocycles. The molecule has 0 N–H and O–H groups in total. The lowest BCUT2D eigenvalue weighted by Gasteiger charge is -2.31. The van der Waals surface area contributed by atoms with E-state index in [0.29, 0.717) is 18.4 Å². The first-order valence-electron chi connectivity index (χ1n) is 8.16. The molecule has 1 fully saturated rings. The first-order chi connectivity index (χ1) is 11.7. The number of nitrogens with zero attached hydrogens (tertiary/aromatic N) is 5. The number of fused-ring (bicyclic) bond motifs is 1. The second kappa shape index (κ2) is 6.45. The van der Waals surface area contributed by atoms with Gasteiger partial charge in [-0.05, 0) is 30.8 Å². The number of thiophene rings is 1. The molecule has 3 aromatic rings. The minimum atomic E-state index is 0.0531. The van der Waals surface area contributed by atoms with Gasteiger partial charge in [-0.15, -0.1) is 11.3 Å². The number of likely N-dealkylation sites (tertiary alicyclic amines) is 1. The Morgan fingerprint density at radius 2 is 2.33 bits per heavy atom. The molecule has 24 heavy (non-hydrogen) atoms. The van der Waals surface area contributed by atoms with Crippen LogP contribution in [0.2, 0.25) is 0 Å². The molecule has 126 valence electrons. The van der Waals surface area contributed by atoms with Crippen molar-refractivity contribution in [1.82, 2.24) is 24.6 Å². The van der Waals surface area contributed by atoms with Crippen LogP contribution in [0.4, 0.5) is 0 Å². The van der Waals surface area contributed by atoms with Gasteiger partial charge in [-0.3, -0.25) is 9.36 Å². The third kappa shape index (κ3) is 2.99. The summed E-state index contributed by atoms with van der Waals surface area (Å²) < 4.78 is 7.54. The molecule has 0 aliphatic carbocycles. The molecule has 4 rings (SSSR count). The van der Waals surface area contributed by atoms with E-state index in [-0.39, 0.29) is 5.56 Å². The van der Waals surface area contributed by atoms with E-state index in [1.54, 1.807) is 10.9 Å². The minimum Gasteiger partial charge on any atom is -0.340 e. The number of hydrogen-bond donors (Lipinski definition) is 0. The van der Waals surface area contributed by atoms with Crippen molar-refractivity contribution < 1.29 is 4.52 Å². The molecule has 0 spiro atoms. The van der Waals surface area contributed by atoms with Crippen molar-refractivity contribution >= 4 is 21.6 Å². The Labute approximate surface area is 142 Å². The molecule has 8 heteroatoms. The van der Waals surface area contributed by atoms with Gasteiger partial charge in [0.25, 0.3) is 5.56 Å². The summed E-state index contributed by atoms with van der Waals surface area (Å²) in [6.45, 7) is 5.24. The maximum atomic E-state index is 12.4. The van der Waals surface area contributed by atoms with Crippen LogP contribution in [0.1, 0.15) is 30.5 Å². The van der Waals surface area contributed by atoms with Crippen LogP contribution in [0, 0.1) is 6.92 Å². The maximum Gasteiger partial charge on any atom is 0.271 e. The Kier molecular flexibility index (Phi) is 4.15. The van der Waals surface area contributed by atoms with Gasteiger partial charge in [0.15, 0.2) is 5.82 Å². The summed E-state index contributed by atoms with van der Waals surface area (Å²) in [5, 5.41) is 5.97. The molecule has 0 amide bonds. The van der Waals surface area contributed by atoms with E-state index in [1.165, 1.54) is 11.3 Å². The molecule has 0 radical (unpaired) electrons. The normalized spacial score (nSPS) is 19.1. The fourth-order valence-corrected chi connectivity index (χ4v) is 4.03. The first-order valence-corrected chi connectivity index (χ1v) is 9.04. The summed E-state index contributed by atoms with van der Waals surface area (Å²) in [4.78, 5) is 23.5. The van der Waals surface area contributed by atoms with Gasteiger partial charge in [0.1, 0.15) is 4.70 Å². The van der Waals surface area contributed by atoms with Crippen LogP contribution in [0.3, 0.4) is 0 Å². The van der Waals surface area contributed by atoms with Crippen molar-refractivity contribution in [2.75, 3.05) is 19.6 Å². The number of hydrogen-bond acceptors (Lipinski definition) is 7. The third-order valence-electron chi connectivity index (χ3n) is 4.51. The molecular weight excluding hydrogens is 326 g/mol. The van der Waals surface area contributed by atoms with Crippen LogP contribution in [0.5, 0.6) is 0 Å². The zero-order valence-corrected chi connectivity index (χ0v) is 14.3. The molecule has 1 atom stereocenters. The van der Waals surface area contributed by atoms with Crippen LogP contribution >= 0.6 is 11.3 Å². The molecule has 3 aromatic heterocycles. The summed E-state index contributed by atoms with van der Waals surface area (Å²) in [6, 6.07) is 1.88. The molecule has 1 unspecified atom stereocenters. The largest absolute Gasteiger partial charge is 0.340 e. The van der Waals surface area contributed by atoms with Crippen molar-refractivity contribution in [3.05, 3.63) is 39.8 Å². The highest BCUT2D eigenvalue weighted by Crippen LogP contribution is 2.24. The van der Waals surface area contributed by atoms with Gasteiger partial charge in [-0.25, -0.2) is 4.98 Å². The van der Waals surface area contributed by atoms with Crippen LogP contribution in [-0.4, -0.2) is 44.2 Å². The SMILES string of the molecule is Cc1nc(C2CCCN(CCn3cnc4ccsc4c3=O)C2)no1. The predicted molar refractivity (Wildman–Crippen MR) is 91.3 cm³/mol. The van der Waals surface area contributed by atoms with E-state index in [2.05, 4.69) is 20.0 Å². The average Bonchev–Trinajstić information content (AvgIpc) is 3.24. The fourth-order valence-electron chi connectivity index (χ4n) is 3.24. The van der Waals surface area contributed by atoms with Gasteiger partial charge in [0.2, 0.25) is 5.89 Å². The Morgan fingerprint density at radius 1 is 1.42 bits per heavy atom. The molecule has 0 bridgehead atoms. The second-order valence-electron chi connectivity index (χ2n) is 6.19. The summed E-state index contributed by atoms with van der Waals surface area (Å²) in [5.74, 6) is 1.73. The van der Waals surface area contributed by atoms with Crippen molar-refractivity contribution in [2.45, 2.75) is 32.2 Å². The molecule has 0 aromatic carbocycles. The molecule has 1 saturated heterocycles. The van der Waals surface area contributed by atoms with E-state index in [0.717, 1.165) is 48.5 Å². The molecule has 7 nitrogen and oxygen atoms in total. The lowest BCUT2D eigenvalue weighted by atomic mass is 9.97. The van der Waals surface area contributed by atoms with Gasteiger partial charge in [0.05, 0.1) is 11.8 Å². The molecular formula is C16H19N5O2S. The zero-order chi connectivity index (χ0) is 16.5. The summed E-state index contributed by atoms with van der Waals surface area (Å²) in [5.41, 5.74) is 0.837. The maximum absolute atomic E-state index is 12.4. The Balaban J connectivity index is 1.43. The van der Waals surface area contributed by atoms with E-state index < -0.39 is 0 Å². The van der Waals surface area contributed by atoms with Crippen LogP contribution < -0.4 is 5.56 Å². The standard InChI is InChI=1S/C16H19N5O2S/c1-11-18-15(19-23-11)12-3-2-5-20(9-12)6-7-21-10-17-13-4-8-24-14(13)16(21)22/h4,8,10,12H,2-3,5-7,9H2,1H3. The number of aryl methyl sites for hydroxylation is 1. The molecule has 1 aliphatic rings. The van der Waals surface area contributed by atoms with Crippen LogP contribution in [0.15, 0.2) is 27.1 Å². The topological polar surface area (TPSA) is 77.1 Å². The second-order valence-corrected chi connectivity index (χ2v) is 7.11. The minimum absolute atomic E-state index is 0.0531. The van der Waals surface area contributed by atoms with E-state index >= 15 is 0 Å².